The first-order valence-corrected chi connectivity index (χ1v) is 17.2. The molecule has 272 valence electrons. The summed E-state index contributed by atoms with van der Waals surface area (Å²) in [6, 6.07) is 13.0. The van der Waals surface area contributed by atoms with Gasteiger partial charge >= 0.3 is 0 Å². The number of halogens is 2. The highest BCUT2D eigenvalue weighted by Crippen LogP contribution is 2.52. The molecule has 4 aromatic rings. The molecule has 1 aliphatic heterocycles. The van der Waals surface area contributed by atoms with Crippen LogP contribution < -0.4 is 33.7 Å². The number of nitrogens with zero attached hydrogens (tertiary/aromatic N) is 2. The van der Waals surface area contributed by atoms with Crippen molar-refractivity contribution in [1.82, 2.24) is 10.2 Å². The molecule has 51 heavy (non-hydrogen) atoms. The molecule has 0 aromatic heterocycles. The lowest BCUT2D eigenvalue weighted by Gasteiger charge is -2.30. The first kappa shape index (κ1) is 37.8. The summed E-state index contributed by atoms with van der Waals surface area (Å²) < 4.78 is 35.6. The molecule has 0 unspecified atom stereocenters. The van der Waals surface area contributed by atoms with Crippen LogP contribution in [-0.4, -0.2) is 65.4 Å². The van der Waals surface area contributed by atoms with E-state index in [0.29, 0.717) is 51.6 Å². The van der Waals surface area contributed by atoms with E-state index in [1.54, 1.807) is 28.3 Å². The molecule has 0 amide bonds. The lowest BCUT2D eigenvalue weighted by Crippen LogP contribution is -2.27. The van der Waals surface area contributed by atoms with Gasteiger partial charge in [0.2, 0.25) is 5.75 Å². The molecule has 4 aromatic carbocycles. The van der Waals surface area contributed by atoms with E-state index >= 15 is 0 Å². The van der Waals surface area contributed by atoms with Gasteiger partial charge in [-0.05, 0) is 99.8 Å². The minimum atomic E-state index is -0.498. The van der Waals surface area contributed by atoms with Crippen LogP contribution in [0.3, 0.4) is 0 Å². The molecule has 0 radical (unpaired) electrons. The molecular weight excluding hydrogens is 697 g/mol. The van der Waals surface area contributed by atoms with Gasteiger partial charge in [0.1, 0.15) is 5.75 Å². The van der Waals surface area contributed by atoms with Gasteiger partial charge in [-0.3, -0.25) is 10.1 Å². The number of benzene rings is 4. The fourth-order valence-electron chi connectivity index (χ4n) is 6.27. The van der Waals surface area contributed by atoms with Crippen LogP contribution >= 0.6 is 23.2 Å². The molecule has 0 aliphatic carbocycles. The lowest BCUT2D eigenvalue weighted by molar-refractivity contribution is -0.385. The minimum absolute atomic E-state index is 0.124. The fourth-order valence-corrected chi connectivity index (χ4v) is 6.87. The fraction of sp³-hybridized carbons (Fsp3) is 0.368. The second kappa shape index (κ2) is 16.7. The third kappa shape index (κ3) is 8.07. The van der Waals surface area contributed by atoms with E-state index in [4.69, 9.17) is 51.6 Å². The molecule has 1 heterocycles. The maximum atomic E-state index is 11.5. The predicted octanol–water partition coefficient (Wildman–Crippen LogP) is 8.36. The number of nitrogens with one attached hydrogen (secondary N) is 1. The Labute approximate surface area is 308 Å². The Morgan fingerprint density at radius 1 is 0.784 bits per heavy atom. The monoisotopic (exact) mass is 739 g/mol. The average Bonchev–Trinajstić information content (AvgIpc) is 3.13. The molecule has 0 fully saturated rings. The number of nitro benzene ring substituents is 1. The van der Waals surface area contributed by atoms with E-state index in [1.807, 2.05) is 43.4 Å². The molecule has 0 spiro atoms. The van der Waals surface area contributed by atoms with Crippen LogP contribution in [0.2, 0.25) is 10.0 Å². The van der Waals surface area contributed by atoms with E-state index in [0.717, 1.165) is 66.6 Å². The summed E-state index contributed by atoms with van der Waals surface area (Å²) in [5.74, 6) is 3.52. The Morgan fingerprint density at radius 3 is 2.08 bits per heavy atom. The molecule has 11 nitrogen and oxygen atoms in total. The maximum absolute atomic E-state index is 11.5. The SMILES string of the molecule is CNCCc1cc(OC)c(Oc2c3c(c(Cl)c(OC)c2OC)CCN(C)C3)cc1CCc1ccc(Oc2c(OC)cc([N+](=O)[O-])c(C)c2Cl)cc1. The predicted molar refractivity (Wildman–Crippen MR) is 199 cm³/mol. The van der Waals surface area contributed by atoms with Crippen molar-refractivity contribution >= 4 is 28.9 Å². The summed E-state index contributed by atoms with van der Waals surface area (Å²) in [6.07, 6.45) is 3.01. The Kier molecular flexibility index (Phi) is 12.4. The number of hydrogen-bond acceptors (Lipinski definition) is 10. The first-order chi connectivity index (χ1) is 24.5. The summed E-state index contributed by atoms with van der Waals surface area (Å²) in [4.78, 5) is 13.2. The van der Waals surface area contributed by atoms with Gasteiger partial charge in [-0.2, -0.15) is 0 Å². The molecule has 0 saturated carbocycles. The van der Waals surface area contributed by atoms with Gasteiger partial charge in [-0.25, -0.2) is 0 Å². The van der Waals surface area contributed by atoms with Crippen LogP contribution in [0, 0.1) is 17.0 Å². The Hall–Kier alpha value is -4.42. The summed E-state index contributed by atoms with van der Waals surface area (Å²) in [6.45, 7) is 3.87. The van der Waals surface area contributed by atoms with Gasteiger partial charge in [0.05, 0.1) is 49.5 Å². The standard InChI is InChI=1S/C38H43Cl2N3O8/c1-22-29(43(44)45)20-32(47-5)36(33(22)39)50-26-12-9-23(10-13-26)8-11-24-19-31(30(46-4)18-25(24)14-16-41-2)51-35-28-21-42(3)17-15-27(28)34(40)37(48-6)38(35)49-7/h9-10,12-13,18-20,41H,8,11,14-17,21H2,1-7H3. The van der Waals surface area contributed by atoms with Crippen LogP contribution in [-0.2, 0) is 32.2 Å². The molecule has 0 bridgehead atoms. The van der Waals surface area contributed by atoms with Crippen molar-refractivity contribution in [3.05, 3.63) is 96.0 Å². The molecular formula is C38H43Cl2N3O8. The zero-order valence-electron chi connectivity index (χ0n) is 29.9. The van der Waals surface area contributed by atoms with Gasteiger partial charge in [-0.15, -0.1) is 0 Å². The third-order valence-corrected chi connectivity index (χ3v) is 9.94. The number of hydrogen-bond donors (Lipinski definition) is 1. The Morgan fingerprint density at radius 2 is 1.45 bits per heavy atom. The quantitative estimate of drug-likeness (QED) is 0.0943. The number of methoxy groups -OCH3 is 4. The highest BCUT2D eigenvalue weighted by atomic mass is 35.5. The van der Waals surface area contributed by atoms with E-state index in [9.17, 15) is 10.1 Å². The van der Waals surface area contributed by atoms with E-state index in [2.05, 4.69) is 17.3 Å². The molecule has 1 N–H and O–H groups in total. The Bertz CT molecular complexity index is 1900. The normalized spacial score (nSPS) is 12.6. The molecule has 5 rings (SSSR count). The van der Waals surface area contributed by atoms with Crippen molar-refractivity contribution in [1.29, 1.82) is 0 Å². The van der Waals surface area contributed by atoms with Crippen LogP contribution in [0.1, 0.15) is 33.4 Å². The van der Waals surface area contributed by atoms with Crippen molar-refractivity contribution in [2.45, 2.75) is 39.2 Å². The first-order valence-electron chi connectivity index (χ1n) is 16.5. The van der Waals surface area contributed by atoms with Crippen LogP contribution in [0.4, 0.5) is 5.69 Å². The molecule has 13 heteroatoms. The lowest BCUT2D eigenvalue weighted by atomic mass is 9.96. The second-order valence-electron chi connectivity index (χ2n) is 12.3. The topological polar surface area (TPSA) is 114 Å². The largest absolute Gasteiger partial charge is 0.493 e. The molecule has 0 atom stereocenters. The number of rotatable bonds is 15. The highest BCUT2D eigenvalue weighted by Gasteiger charge is 2.30. The maximum Gasteiger partial charge on any atom is 0.277 e. The highest BCUT2D eigenvalue weighted by molar-refractivity contribution is 6.33. The van der Waals surface area contributed by atoms with Crippen LogP contribution in [0.15, 0.2) is 42.5 Å². The zero-order valence-corrected chi connectivity index (χ0v) is 31.4. The van der Waals surface area contributed by atoms with E-state index < -0.39 is 4.92 Å². The zero-order chi connectivity index (χ0) is 36.8. The Balaban J connectivity index is 1.44. The van der Waals surface area contributed by atoms with Gasteiger partial charge in [0, 0.05) is 24.2 Å². The van der Waals surface area contributed by atoms with Crippen LogP contribution in [0.5, 0.6) is 46.0 Å². The summed E-state index contributed by atoms with van der Waals surface area (Å²) >= 11 is 13.3. The molecule has 0 saturated heterocycles. The number of aryl methyl sites for hydroxylation is 2. The van der Waals surface area contributed by atoms with Crippen molar-refractivity contribution in [3.8, 4) is 46.0 Å². The second-order valence-corrected chi connectivity index (χ2v) is 13.0. The van der Waals surface area contributed by atoms with Gasteiger partial charge in [-0.1, -0.05) is 35.3 Å². The van der Waals surface area contributed by atoms with Crippen molar-refractivity contribution in [3.63, 3.8) is 0 Å². The van der Waals surface area contributed by atoms with Gasteiger partial charge in [0.25, 0.3) is 5.69 Å². The van der Waals surface area contributed by atoms with Gasteiger partial charge < -0.3 is 38.6 Å². The van der Waals surface area contributed by atoms with Crippen molar-refractivity contribution in [2.75, 3.05) is 55.6 Å². The molecule has 1 aliphatic rings. The average molecular weight is 741 g/mol. The van der Waals surface area contributed by atoms with Crippen molar-refractivity contribution in [2.24, 2.45) is 0 Å². The summed E-state index contributed by atoms with van der Waals surface area (Å²) in [5, 5.41) is 15.4. The van der Waals surface area contributed by atoms with E-state index in [1.165, 1.54) is 13.2 Å². The summed E-state index contributed by atoms with van der Waals surface area (Å²) in [7, 11) is 10.2. The smallest absolute Gasteiger partial charge is 0.277 e. The number of nitro groups is 1. The number of likely N-dealkylation sites (N-methyl/N-ethyl adjacent to an activating group) is 2. The van der Waals surface area contributed by atoms with Crippen molar-refractivity contribution < 1.29 is 33.3 Å². The number of ether oxygens (including phenoxy) is 6. The summed E-state index contributed by atoms with van der Waals surface area (Å²) in [5.41, 5.74) is 5.45. The van der Waals surface area contributed by atoms with Gasteiger partial charge in [0.15, 0.2) is 34.5 Å². The van der Waals surface area contributed by atoms with Crippen LogP contribution in [0.25, 0.3) is 0 Å². The van der Waals surface area contributed by atoms with E-state index in [-0.39, 0.29) is 22.2 Å². The number of fused-ring (bicyclic) bond motifs is 1. The minimum Gasteiger partial charge on any atom is -0.493 e. The third-order valence-electron chi connectivity index (χ3n) is 9.08.